The lowest BCUT2D eigenvalue weighted by Gasteiger charge is -2.13. The Morgan fingerprint density at radius 3 is 2.32 bits per heavy atom. The first-order chi connectivity index (χ1) is 9.02. The van der Waals surface area contributed by atoms with Gasteiger partial charge in [0.15, 0.2) is 0 Å². The van der Waals surface area contributed by atoms with Gasteiger partial charge in [0.25, 0.3) is 0 Å². The maximum atomic E-state index is 11.5. The minimum absolute atomic E-state index is 0.370. The van der Waals surface area contributed by atoms with Gasteiger partial charge in [0.05, 0.1) is 18.4 Å². The second kappa shape index (κ2) is 5.14. The maximum absolute atomic E-state index is 11.5. The molecule has 5 nitrogen and oxygen atoms in total. The van der Waals surface area contributed by atoms with E-state index in [0.717, 1.165) is 11.4 Å². The van der Waals surface area contributed by atoms with Crippen molar-refractivity contribution in [2.75, 3.05) is 12.5 Å². The normalized spacial score (nSPS) is 10.3. The zero-order valence-electron chi connectivity index (χ0n) is 11.5. The number of nitrogens with one attached hydrogen (secondary N) is 1. The monoisotopic (exact) mass is 259 g/mol. The van der Waals surface area contributed by atoms with E-state index in [4.69, 9.17) is 4.74 Å². The van der Waals surface area contributed by atoms with Crippen LogP contribution in [0.3, 0.4) is 0 Å². The molecule has 2 heterocycles. The minimum Gasteiger partial charge on any atom is -0.465 e. The van der Waals surface area contributed by atoms with E-state index in [1.165, 1.54) is 7.11 Å². The van der Waals surface area contributed by atoms with Crippen molar-refractivity contribution in [3.8, 4) is 0 Å². The molecule has 0 aliphatic rings. The van der Waals surface area contributed by atoms with Crippen LogP contribution >= 0.6 is 0 Å². The highest BCUT2D eigenvalue weighted by Crippen LogP contribution is 2.14. The van der Waals surface area contributed by atoms with E-state index >= 15 is 0 Å². The molecule has 0 unspecified atom stereocenters. The first-order valence-electron chi connectivity index (χ1n) is 6.01. The second-order valence-electron chi connectivity index (χ2n) is 4.38. The molecule has 0 spiro atoms. The number of hydrogen-bond donors (Lipinski definition) is 1. The summed E-state index contributed by atoms with van der Waals surface area (Å²) in [7, 11) is 1.36. The molecule has 0 amide bonds. The van der Waals surface area contributed by atoms with Gasteiger partial charge in [-0.2, -0.15) is 0 Å². The Morgan fingerprint density at radius 2 is 1.79 bits per heavy atom. The van der Waals surface area contributed by atoms with Gasteiger partial charge in [-0.3, -0.25) is 10.1 Å². The van der Waals surface area contributed by atoms with Gasteiger partial charge in [-0.05, 0) is 45.0 Å². The molecule has 0 saturated heterocycles. The summed E-state index contributed by atoms with van der Waals surface area (Å²) >= 11 is 0. The van der Waals surface area contributed by atoms with Crippen LogP contribution in [0.1, 0.15) is 27.4 Å². The lowest BCUT2D eigenvalue weighted by Crippen LogP contribution is -2.14. The number of aryl methyl sites for hydroxylation is 3. The second-order valence-corrected chi connectivity index (χ2v) is 4.38. The van der Waals surface area contributed by atoms with Crippen molar-refractivity contribution in [3.05, 3.63) is 46.9 Å². The number of carbonyl (C=O) groups is 1. The average Bonchev–Trinajstić information content (AvgIpc) is 2.70. The van der Waals surface area contributed by atoms with Crippen LogP contribution in [0.5, 0.6) is 0 Å². The number of rotatable bonds is 3. The summed E-state index contributed by atoms with van der Waals surface area (Å²) in [4.78, 5) is 15.8. The first kappa shape index (κ1) is 13.1. The van der Waals surface area contributed by atoms with Gasteiger partial charge in [0, 0.05) is 11.4 Å². The van der Waals surface area contributed by atoms with Crippen molar-refractivity contribution in [3.63, 3.8) is 0 Å². The predicted molar refractivity (Wildman–Crippen MR) is 73.2 cm³/mol. The van der Waals surface area contributed by atoms with Crippen LogP contribution in [0.4, 0.5) is 5.82 Å². The zero-order chi connectivity index (χ0) is 14.0. The lowest BCUT2D eigenvalue weighted by atomic mass is 10.2. The summed E-state index contributed by atoms with van der Waals surface area (Å²) < 4.78 is 6.64. The van der Waals surface area contributed by atoms with E-state index in [1.54, 1.807) is 19.1 Å². The number of methoxy groups -OCH3 is 1. The lowest BCUT2D eigenvalue weighted by molar-refractivity contribution is 0.0599. The van der Waals surface area contributed by atoms with Crippen LogP contribution in [0.25, 0.3) is 0 Å². The van der Waals surface area contributed by atoms with Crippen molar-refractivity contribution in [2.45, 2.75) is 20.8 Å². The Labute approximate surface area is 112 Å². The predicted octanol–water partition coefficient (Wildman–Crippen LogP) is 2.47. The van der Waals surface area contributed by atoms with E-state index in [-0.39, 0.29) is 5.97 Å². The molecule has 0 aliphatic carbocycles. The number of nitrogens with zero attached hydrogens (tertiary/aromatic N) is 2. The molecule has 2 aromatic heterocycles. The molecular formula is C14H17N3O2. The summed E-state index contributed by atoms with van der Waals surface area (Å²) in [5, 5.41) is 0. The molecule has 5 heteroatoms. The molecule has 0 aromatic carbocycles. The highest BCUT2D eigenvalue weighted by molar-refractivity contribution is 5.90. The molecule has 0 aliphatic heterocycles. The molecule has 0 radical (unpaired) electrons. The molecule has 2 rings (SSSR count). The summed E-state index contributed by atoms with van der Waals surface area (Å²) in [5.41, 5.74) is 6.50. The topological polar surface area (TPSA) is 56.1 Å². The fourth-order valence-corrected chi connectivity index (χ4v) is 1.91. The number of carbonyl (C=O) groups excluding carboxylic acids is 1. The minimum atomic E-state index is -0.370. The van der Waals surface area contributed by atoms with E-state index < -0.39 is 0 Å². The molecule has 19 heavy (non-hydrogen) atoms. The van der Waals surface area contributed by atoms with E-state index in [1.807, 2.05) is 30.7 Å². The number of pyridine rings is 1. The van der Waals surface area contributed by atoms with Gasteiger partial charge in [0.2, 0.25) is 0 Å². The van der Waals surface area contributed by atoms with Gasteiger partial charge in [-0.25, -0.2) is 9.78 Å². The SMILES string of the molecule is COC(=O)c1ccc(Nn2c(C)ccc2C)nc1C. The third-order valence-electron chi connectivity index (χ3n) is 2.99. The molecule has 0 atom stereocenters. The Kier molecular flexibility index (Phi) is 3.55. The van der Waals surface area contributed by atoms with E-state index in [2.05, 4.69) is 10.4 Å². The number of esters is 1. The van der Waals surface area contributed by atoms with Crippen molar-refractivity contribution < 1.29 is 9.53 Å². The fourth-order valence-electron chi connectivity index (χ4n) is 1.91. The highest BCUT2D eigenvalue weighted by atomic mass is 16.5. The Hall–Kier alpha value is -2.30. The van der Waals surface area contributed by atoms with Crippen LogP contribution in [-0.4, -0.2) is 22.7 Å². The average molecular weight is 259 g/mol. The zero-order valence-corrected chi connectivity index (χ0v) is 11.5. The highest BCUT2D eigenvalue weighted by Gasteiger charge is 2.11. The molecule has 0 fully saturated rings. The quantitative estimate of drug-likeness (QED) is 0.860. The largest absolute Gasteiger partial charge is 0.465 e. The van der Waals surface area contributed by atoms with Gasteiger partial charge >= 0.3 is 5.97 Å². The Balaban J connectivity index is 2.28. The standard InChI is InChI=1S/C14H17N3O2/c1-9-5-6-10(2)17(9)16-13-8-7-12(11(3)15-13)14(18)19-4/h5-8H,1-4H3,(H,15,16). The molecular weight excluding hydrogens is 242 g/mol. The van der Waals surface area contributed by atoms with Crippen molar-refractivity contribution in [1.82, 2.24) is 9.66 Å². The Morgan fingerprint density at radius 1 is 1.16 bits per heavy atom. The molecule has 1 N–H and O–H groups in total. The Bertz CT molecular complexity index is 598. The van der Waals surface area contributed by atoms with Crippen molar-refractivity contribution in [1.29, 1.82) is 0 Å². The van der Waals surface area contributed by atoms with Crippen LogP contribution in [0, 0.1) is 20.8 Å². The van der Waals surface area contributed by atoms with Crippen molar-refractivity contribution >= 4 is 11.8 Å². The van der Waals surface area contributed by atoms with E-state index in [0.29, 0.717) is 17.1 Å². The molecule has 100 valence electrons. The third kappa shape index (κ3) is 2.59. The summed E-state index contributed by atoms with van der Waals surface area (Å²) in [6.07, 6.45) is 0. The van der Waals surface area contributed by atoms with Crippen LogP contribution < -0.4 is 5.43 Å². The van der Waals surface area contributed by atoms with Crippen LogP contribution in [0.15, 0.2) is 24.3 Å². The first-order valence-corrected chi connectivity index (χ1v) is 6.01. The van der Waals surface area contributed by atoms with Gasteiger partial charge in [-0.1, -0.05) is 0 Å². The summed E-state index contributed by atoms with van der Waals surface area (Å²) in [6, 6.07) is 7.53. The molecule has 2 aromatic rings. The smallest absolute Gasteiger partial charge is 0.339 e. The fraction of sp³-hybridized carbons (Fsp3) is 0.286. The van der Waals surface area contributed by atoms with E-state index in [9.17, 15) is 4.79 Å². The van der Waals surface area contributed by atoms with Crippen molar-refractivity contribution in [2.24, 2.45) is 0 Å². The number of hydrogen-bond acceptors (Lipinski definition) is 4. The summed E-state index contributed by atoms with van der Waals surface area (Å²) in [6.45, 7) is 5.80. The molecule has 0 saturated carbocycles. The number of ether oxygens (including phenoxy) is 1. The third-order valence-corrected chi connectivity index (χ3v) is 2.99. The molecule has 0 bridgehead atoms. The van der Waals surface area contributed by atoms with Gasteiger partial charge in [0.1, 0.15) is 5.82 Å². The number of anilines is 1. The number of aromatic nitrogens is 2. The van der Waals surface area contributed by atoms with Crippen LogP contribution in [-0.2, 0) is 4.74 Å². The van der Waals surface area contributed by atoms with Gasteiger partial charge < -0.3 is 4.74 Å². The maximum Gasteiger partial charge on any atom is 0.339 e. The summed E-state index contributed by atoms with van der Waals surface area (Å²) in [5.74, 6) is 0.317. The van der Waals surface area contributed by atoms with Gasteiger partial charge in [-0.15, -0.1) is 0 Å². The van der Waals surface area contributed by atoms with Crippen LogP contribution in [0.2, 0.25) is 0 Å².